The Morgan fingerprint density at radius 2 is 1.68 bits per heavy atom. The molecule has 31 heavy (non-hydrogen) atoms. The second kappa shape index (κ2) is 10.2. The fourth-order valence-corrected chi connectivity index (χ4v) is 4.89. The summed E-state index contributed by atoms with van der Waals surface area (Å²) in [5, 5.41) is 0.358. The van der Waals surface area contributed by atoms with Gasteiger partial charge in [0.25, 0.3) is 15.9 Å². The summed E-state index contributed by atoms with van der Waals surface area (Å²) in [5.41, 5.74) is 6.81. The number of hydrogen-bond acceptors (Lipinski definition) is 4. The van der Waals surface area contributed by atoms with Crippen LogP contribution in [0.4, 0.5) is 5.69 Å². The number of carbonyl (C=O) groups is 1. The third-order valence-corrected chi connectivity index (χ3v) is 6.93. The highest BCUT2D eigenvalue weighted by molar-refractivity contribution is 14.1. The van der Waals surface area contributed by atoms with E-state index in [9.17, 15) is 13.2 Å². The summed E-state index contributed by atoms with van der Waals surface area (Å²) in [6.45, 7) is 3.45. The van der Waals surface area contributed by atoms with Gasteiger partial charge in [-0.3, -0.25) is 20.0 Å². The zero-order chi connectivity index (χ0) is 22.4. The van der Waals surface area contributed by atoms with Crippen LogP contribution in [0.25, 0.3) is 5.70 Å². The molecule has 0 saturated heterocycles. The van der Waals surface area contributed by atoms with Gasteiger partial charge in [-0.1, -0.05) is 54.6 Å². The molecule has 0 saturated carbocycles. The number of hydrogen-bond donors (Lipinski definition) is 2. The van der Waals surface area contributed by atoms with E-state index in [1.807, 2.05) is 24.3 Å². The number of carbonyl (C=O) groups excluding carboxylic acids is 1. The Labute approximate surface area is 200 Å². The average Bonchev–Trinajstić information content (AvgIpc) is 2.76. The van der Waals surface area contributed by atoms with Gasteiger partial charge in [0.15, 0.2) is 0 Å². The van der Waals surface area contributed by atoms with Crippen molar-refractivity contribution in [3.63, 3.8) is 0 Å². The molecule has 6 nitrogen and oxygen atoms in total. The van der Waals surface area contributed by atoms with Gasteiger partial charge in [0, 0.05) is 8.59 Å². The standard InChI is InChI=1S/C22H19ClIN3O3S/c1-16(17-7-5-9-19(24)13-17)25-26-22(28)15-27(20-10-6-8-18(23)14-20)31(29,30)21-11-3-2-4-12-21/h2-14,25H,1,15H2,(H,26,28). The van der Waals surface area contributed by atoms with Crippen molar-refractivity contribution in [2.75, 3.05) is 10.8 Å². The second-order valence-corrected chi connectivity index (χ2v) is 10.0. The van der Waals surface area contributed by atoms with E-state index >= 15 is 0 Å². The van der Waals surface area contributed by atoms with Crippen LogP contribution >= 0.6 is 34.2 Å². The van der Waals surface area contributed by atoms with Gasteiger partial charge in [0.1, 0.15) is 6.54 Å². The number of nitrogens with zero attached hydrogens (tertiary/aromatic N) is 1. The molecule has 0 atom stereocenters. The molecule has 9 heteroatoms. The van der Waals surface area contributed by atoms with Gasteiger partial charge in [0.2, 0.25) is 0 Å². The van der Waals surface area contributed by atoms with Crippen molar-refractivity contribution < 1.29 is 13.2 Å². The monoisotopic (exact) mass is 567 g/mol. The Morgan fingerprint density at radius 3 is 2.35 bits per heavy atom. The average molecular weight is 568 g/mol. The number of nitrogens with one attached hydrogen (secondary N) is 2. The molecule has 3 rings (SSSR count). The van der Waals surface area contributed by atoms with Crippen LogP contribution in [0.5, 0.6) is 0 Å². The number of halogens is 2. The second-order valence-electron chi connectivity index (χ2n) is 6.47. The highest BCUT2D eigenvalue weighted by Crippen LogP contribution is 2.26. The van der Waals surface area contributed by atoms with E-state index < -0.39 is 22.5 Å². The summed E-state index contributed by atoms with van der Waals surface area (Å²) in [6, 6.07) is 21.8. The molecule has 0 spiro atoms. The lowest BCUT2D eigenvalue weighted by Crippen LogP contribution is -2.45. The lowest BCUT2D eigenvalue weighted by atomic mass is 10.2. The molecule has 0 unspecified atom stereocenters. The fraction of sp³-hybridized carbons (Fsp3) is 0.0455. The normalized spacial score (nSPS) is 10.9. The zero-order valence-corrected chi connectivity index (χ0v) is 20.0. The van der Waals surface area contributed by atoms with Crippen molar-refractivity contribution in [2.45, 2.75) is 4.90 Å². The SMILES string of the molecule is C=C(NNC(=O)CN(c1cccc(Cl)c1)S(=O)(=O)c1ccccc1)c1cccc(I)c1. The maximum absolute atomic E-state index is 13.2. The summed E-state index contributed by atoms with van der Waals surface area (Å²) in [6.07, 6.45) is 0. The van der Waals surface area contributed by atoms with Crippen LogP contribution in [0.15, 0.2) is 90.3 Å². The maximum Gasteiger partial charge on any atom is 0.264 e. The molecule has 0 aromatic heterocycles. The van der Waals surface area contributed by atoms with Crippen LogP contribution in [0.2, 0.25) is 5.02 Å². The summed E-state index contributed by atoms with van der Waals surface area (Å²) in [5.74, 6) is -0.564. The summed E-state index contributed by atoms with van der Waals surface area (Å²) in [7, 11) is -4.00. The number of hydrazine groups is 1. The molecule has 2 N–H and O–H groups in total. The summed E-state index contributed by atoms with van der Waals surface area (Å²) >= 11 is 8.24. The van der Waals surface area contributed by atoms with E-state index in [1.165, 1.54) is 18.2 Å². The summed E-state index contributed by atoms with van der Waals surface area (Å²) in [4.78, 5) is 12.7. The van der Waals surface area contributed by atoms with Crippen LogP contribution in [-0.4, -0.2) is 20.9 Å². The Morgan fingerprint density at radius 1 is 0.968 bits per heavy atom. The van der Waals surface area contributed by atoms with Crippen LogP contribution in [0.1, 0.15) is 5.56 Å². The van der Waals surface area contributed by atoms with Gasteiger partial charge in [-0.05, 0) is 70.6 Å². The Kier molecular flexibility index (Phi) is 7.58. The first kappa shape index (κ1) is 23.1. The molecule has 0 heterocycles. The fourth-order valence-electron chi connectivity index (χ4n) is 2.73. The largest absolute Gasteiger partial charge is 0.299 e. The van der Waals surface area contributed by atoms with E-state index in [0.717, 1.165) is 13.4 Å². The molecule has 3 aromatic rings. The first-order valence-corrected chi connectivity index (χ1v) is 12.0. The molecule has 0 bridgehead atoms. The third kappa shape index (κ3) is 5.99. The number of anilines is 1. The van der Waals surface area contributed by atoms with E-state index in [-0.39, 0.29) is 10.6 Å². The topological polar surface area (TPSA) is 78.5 Å². The van der Waals surface area contributed by atoms with Crippen molar-refractivity contribution in [3.05, 3.63) is 99.6 Å². The predicted molar refractivity (Wildman–Crippen MR) is 132 cm³/mol. The van der Waals surface area contributed by atoms with E-state index in [2.05, 4.69) is 40.0 Å². The van der Waals surface area contributed by atoms with Crippen LogP contribution < -0.4 is 15.2 Å². The zero-order valence-electron chi connectivity index (χ0n) is 16.3. The first-order chi connectivity index (χ1) is 14.8. The van der Waals surface area contributed by atoms with Crippen molar-refractivity contribution in [1.82, 2.24) is 10.9 Å². The van der Waals surface area contributed by atoms with Crippen molar-refractivity contribution >= 4 is 61.5 Å². The van der Waals surface area contributed by atoms with Crippen molar-refractivity contribution in [3.8, 4) is 0 Å². The summed E-state index contributed by atoms with van der Waals surface area (Å²) < 4.78 is 28.5. The minimum atomic E-state index is -4.00. The Bertz CT molecular complexity index is 1200. The van der Waals surface area contributed by atoms with Crippen molar-refractivity contribution in [1.29, 1.82) is 0 Å². The van der Waals surface area contributed by atoms with E-state index in [4.69, 9.17) is 11.6 Å². The van der Waals surface area contributed by atoms with Gasteiger partial charge in [-0.15, -0.1) is 0 Å². The maximum atomic E-state index is 13.2. The third-order valence-electron chi connectivity index (χ3n) is 4.24. The molecule has 0 radical (unpaired) electrons. The van der Waals surface area contributed by atoms with Gasteiger partial charge in [-0.2, -0.15) is 0 Å². The molecule has 0 aliphatic heterocycles. The van der Waals surface area contributed by atoms with E-state index in [1.54, 1.807) is 36.4 Å². The molecule has 160 valence electrons. The highest BCUT2D eigenvalue weighted by Gasteiger charge is 2.27. The van der Waals surface area contributed by atoms with Gasteiger partial charge in [-0.25, -0.2) is 8.42 Å². The Balaban J connectivity index is 1.80. The van der Waals surface area contributed by atoms with Crippen LogP contribution in [0, 0.1) is 3.57 Å². The predicted octanol–water partition coefficient (Wildman–Crippen LogP) is 4.43. The smallest absolute Gasteiger partial charge is 0.264 e. The van der Waals surface area contributed by atoms with Crippen LogP contribution in [0.3, 0.4) is 0 Å². The molecule has 0 aliphatic carbocycles. The lowest BCUT2D eigenvalue weighted by Gasteiger charge is -2.24. The van der Waals surface area contributed by atoms with Crippen molar-refractivity contribution in [2.24, 2.45) is 0 Å². The molecular weight excluding hydrogens is 549 g/mol. The lowest BCUT2D eigenvalue weighted by molar-refractivity contribution is -0.120. The van der Waals surface area contributed by atoms with Gasteiger partial charge in [0.05, 0.1) is 16.3 Å². The molecule has 0 aliphatic rings. The molecule has 0 fully saturated rings. The van der Waals surface area contributed by atoms with E-state index in [0.29, 0.717) is 10.7 Å². The minimum Gasteiger partial charge on any atom is -0.299 e. The quantitative estimate of drug-likeness (QED) is 0.312. The minimum absolute atomic E-state index is 0.0685. The number of sulfonamides is 1. The first-order valence-electron chi connectivity index (χ1n) is 9.10. The van der Waals surface area contributed by atoms with Gasteiger partial charge >= 0.3 is 0 Å². The number of amides is 1. The number of benzene rings is 3. The molecular formula is C22H19ClIN3O3S. The molecule has 1 amide bonds. The molecule has 3 aromatic carbocycles. The van der Waals surface area contributed by atoms with Crippen LogP contribution in [-0.2, 0) is 14.8 Å². The number of rotatable bonds is 8. The highest BCUT2D eigenvalue weighted by atomic mass is 127. The van der Waals surface area contributed by atoms with Gasteiger partial charge < -0.3 is 0 Å². The Hall–Kier alpha value is -2.56.